The Labute approximate surface area is 120 Å². The van der Waals surface area contributed by atoms with Crippen molar-refractivity contribution in [2.45, 2.75) is 46.0 Å². The van der Waals surface area contributed by atoms with Crippen LogP contribution in [-0.4, -0.2) is 67.3 Å². The van der Waals surface area contributed by atoms with Crippen LogP contribution in [-0.2, 0) is 0 Å². The van der Waals surface area contributed by atoms with Crippen LogP contribution in [0.2, 0.25) is 0 Å². The molecule has 1 fully saturated rings. The standard InChI is InChI=1S/C14H28F3N3/c1-11(2)18-9-12(3)13(4)20-7-5-19(6-8-20)10-14(15,16)17/h11-13,18H,5-10H2,1-4H3. The van der Waals surface area contributed by atoms with Gasteiger partial charge in [-0.25, -0.2) is 0 Å². The minimum absolute atomic E-state index is 0.397. The molecule has 20 heavy (non-hydrogen) atoms. The van der Waals surface area contributed by atoms with Crippen molar-refractivity contribution in [2.75, 3.05) is 39.3 Å². The fourth-order valence-electron chi connectivity index (χ4n) is 2.53. The number of halogens is 3. The predicted octanol–water partition coefficient (Wildman–Crippen LogP) is 2.19. The van der Waals surface area contributed by atoms with Gasteiger partial charge in [-0.3, -0.25) is 9.80 Å². The van der Waals surface area contributed by atoms with E-state index >= 15 is 0 Å². The molecule has 0 spiro atoms. The normalized spacial score (nSPS) is 22.2. The minimum Gasteiger partial charge on any atom is -0.314 e. The zero-order valence-electron chi connectivity index (χ0n) is 13.0. The van der Waals surface area contributed by atoms with Gasteiger partial charge in [0.25, 0.3) is 0 Å². The maximum Gasteiger partial charge on any atom is 0.401 e. The Hall–Kier alpha value is -0.330. The summed E-state index contributed by atoms with van der Waals surface area (Å²) in [5.74, 6) is 0.492. The van der Waals surface area contributed by atoms with Gasteiger partial charge >= 0.3 is 6.18 Å². The molecule has 6 heteroatoms. The molecule has 1 N–H and O–H groups in total. The molecule has 0 bridgehead atoms. The van der Waals surface area contributed by atoms with E-state index in [0.29, 0.717) is 31.1 Å². The topological polar surface area (TPSA) is 18.5 Å². The molecule has 1 rings (SSSR count). The van der Waals surface area contributed by atoms with E-state index in [0.717, 1.165) is 19.6 Å². The number of nitrogens with zero attached hydrogens (tertiary/aromatic N) is 2. The van der Waals surface area contributed by atoms with Gasteiger partial charge in [0.2, 0.25) is 0 Å². The van der Waals surface area contributed by atoms with Crippen molar-refractivity contribution in [1.82, 2.24) is 15.1 Å². The van der Waals surface area contributed by atoms with E-state index in [1.807, 2.05) is 0 Å². The Morgan fingerprint density at radius 2 is 1.55 bits per heavy atom. The zero-order valence-corrected chi connectivity index (χ0v) is 13.0. The fourth-order valence-corrected chi connectivity index (χ4v) is 2.53. The van der Waals surface area contributed by atoms with E-state index in [-0.39, 0.29) is 0 Å². The highest BCUT2D eigenvalue weighted by Gasteiger charge is 2.33. The first-order valence-corrected chi connectivity index (χ1v) is 7.45. The predicted molar refractivity (Wildman–Crippen MR) is 75.8 cm³/mol. The van der Waals surface area contributed by atoms with Crippen LogP contribution in [0, 0.1) is 5.92 Å². The van der Waals surface area contributed by atoms with Gasteiger partial charge in [0.05, 0.1) is 6.54 Å². The van der Waals surface area contributed by atoms with Gasteiger partial charge in [0.1, 0.15) is 0 Å². The average molecular weight is 295 g/mol. The van der Waals surface area contributed by atoms with Gasteiger partial charge in [-0.2, -0.15) is 13.2 Å². The lowest BCUT2D eigenvalue weighted by molar-refractivity contribution is -0.150. The molecule has 0 aromatic heterocycles. The Balaban J connectivity index is 2.33. The van der Waals surface area contributed by atoms with Crippen LogP contribution in [0.15, 0.2) is 0 Å². The SMILES string of the molecule is CC(C)NCC(C)C(C)N1CCN(CC(F)(F)F)CC1. The molecule has 3 nitrogen and oxygen atoms in total. The summed E-state index contributed by atoms with van der Waals surface area (Å²) < 4.78 is 37.0. The summed E-state index contributed by atoms with van der Waals surface area (Å²) in [6.07, 6.45) is -4.08. The zero-order chi connectivity index (χ0) is 15.3. The summed E-state index contributed by atoms with van der Waals surface area (Å²) in [5.41, 5.74) is 0. The molecule has 0 aromatic rings. The van der Waals surface area contributed by atoms with Crippen molar-refractivity contribution < 1.29 is 13.2 Å². The van der Waals surface area contributed by atoms with Crippen LogP contribution in [0.25, 0.3) is 0 Å². The number of alkyl halides is 3. The first-order chi connectivity index (χ1) is 9.19. The largest absolute Gasteiger partial charge is 0.401 e. The second-order valence-electron chi connectivity index (χ2n) is 6.21. The first-order valence-electron chi connectivity index (χ1n) is 7.45. The molecule has 0 amide bonds. The summed E-state index contributed by atoms with van der Waals surface area (Å²) in [5, 5.41) is 3.42. The van der Waals surface area contributed by atoms with E-state index in [2.05, 4.69) is 37.9 Å². The lowest BCUT2D eigenvalue weighted by Crippen LogP contribution is -2.53. The first kappa shape index (κ1) is 17.7. The number of hydrogen-bond donors (Lipinski definition) is 1. The Morgan fingerprint density at radius 3 is 2.00 bits per heavy atom. The Kier molecular flexibility index (Phi) is 6.75. The van der Waals surface area contributed by atoms with Gasteiger partial charge in [0, 0.05) is 38.3 Å². The van der Waals surface area contributed by atoms with E-state index in [4.69, 9.17) is 0 Å². The molecule has 2 atom stereocenters. The van der Waals surface area contributed by atoms with Gasteiger partial charge in [-0.05, 0) is 19.4 Å². The third-order valence-electron chi connectivity index (χ3n) is 4.06. The molecule has 1 aliphatic heterocycles. The molecule has 1 saturated heterocycles. The van der Waals surface area contributed by atoms with Gasteiger partial charge in [-0.1, -0.05) is 20.8 Å². The summed E-state index contributed by atoms with van der Waals surface area (Å²) >= 11 is 0. The van der Waals surface area contributed by atoms with Crippen molar-refractivity contribution >= 4 is 0 Å². The van der Waals surface area contributed by atoms with Crippen molar-refractivity contribution in [2.24, 2.45) is 5.92 Å². The number of piperazine rings is 1. The second-order valence-corrected chi connectivity index (χ2v) is 6.21. The van der Waals surface area contributed by atoms with Crippen LogP contribution >= 0.6 is 0 Å². The monoisotopic (exact) mass is 295 g/mol. The molecule has 1 aliphatic rings. The molecule has 1 heterocycles. The van der Waals surface area contributed by atoms with Gasteiger partial charge in [0.15, 0.2) is 0 Å². The molecule has 0 saturated carbocycles. The van der Waals surface area contributed by atoms with Crippen molar-refractivity contribution in [3.63, 3.8) is 0 Å². The third kappa shape index (κ3) is 6.41. The smallest absolute Gasteiger partial charge is 0.314 e. The number of hydrogen-bond acceptors (Lipinski definition) is 3. The summed E-state index contributed by atoms with van der Waals surface area (Å²) in [7, 11) is 0. The Morgan fingerprint density at radius 1 is 1.00 bits per heavy atom. The minimum atomic E-state index is -4.08. The highest BCUT2D eigenvalue weighted by atomic mass is 19.4. The molecule has 0 aliphatic carbocycles. The lowest BCUT2D eigenvalue weighted by atomic mass is 10.0. The highest BCUT2D eigenvalue weighted by Crippen LogP contribution is 2.19. The number of rotatable bonds is 6. The van der Waals surface area contributed by atoms with Gasteiger partial charge in [-0.15, -0.1) is 0 Å². The maximum absolute atomic E-state index is 12.3. The Bertz CT molecular complexity index is 273. The molecular weight excluding hydrogens is 267 g/mol. The van der Waals surface area contributed by atoms with Crippen molar-refractivity contribution in [3.05, 3.63) is 0 Å². The van der Waals surface area contributed by atoms with E-state index in [1.165, 1.54) is 4.90 Å². The molecule has 2 unspecified atom stereocenters. The maximum atomic E-state index is 12.3. The van der Waals surface area contributed by atoms with E-state index in [9.17, 15) is 13.2 Å². The summed E-state index contributed by atoms with van der Waals surface area (Å²) in [6, 6.07) is 0.863. The van der Waals surface area contributed by atoms with Crippen molar-refractivity contribution in [1.29, 1.82) is 0 Å². The van der Waals surface area contributed by atoms with Crippen LogP contribution in [0.1, 0.15) is 27.7 Å². The quantitative estimate of drug-likeness (QED) is 0.810. The third-order valence-corrected chi connectivity index (χ3v) is 4.06. The van der Waals surface area contributed by atoms with E-state index < -0.39 is 12.7 Å². The molecule has 120 valence electrons. The van der Waals surface area contributed by atoms with Gasteiger partial charge < -0.3 is 5.32 Å². The fraction of sp³-hybridized carbons (Fsp3) is 1.00. The molecule has 0 radical (unpaired) electrons. The second kappa shape index (κ2) is 7.61. The highest BCUT2D eigenvalue weighted by molar-refractivity contribution is 4.81. The lowest BCUT2D eigenvalue weighted by Gasteiger charge is -2.40. The number of nitrogens with one attached hydrogen (secondary N) is 1. The molecular formula is C14H28F3N3. The van der Waals surface area contributed by atoms with Crippen molar-refractivity contribution in [3.8, 4) is 0 Å². The van der Waals surface area contributed by atoms with Crippen LogP contribution in [0.4, 0.5) is 13.2 Å². The van der Waals surface area contributed by atoms with Crippen LogP contribution in [0.3, 0.4) is 0 Å². The summed E-state index contributed by atoms with van der Waals surface area (Å²) in [6.45, 7) is 11.2. The van der Waals surface area contributed by atoms with Crippen LogP contribution < -0.4 is 5.32 Å². The average Bonchev–Trinajstić information content (AvgIpc) is 2.34. The summed E-state index contributed by atoms with van der Waals surface area (Å²) in [4.78, 5) is 3.81. The van der Waals surface area contributed by atoms with E-state index in [1.54, 1.807) is 0 Å². The van der Waals surface area contributed by atoms with Crippen LogP contribution in [0.5, 0.6) is 0 Å². The molecule has 0 aromatic carbocycles.